The molecule has 1 atom stereocenters. The molecule has 1 heterocycles. The van der Waals surface area contributed by atoms with E-state index < -0.39 is 0 Å². The van der Waals surface area contributed by atoms with Gasteiger partial charge in [-0.05, 0) is 48.0 Å². The average Bonchev–Trinajstić information content (AvgIpc) is 3.10. The van der Waals surface area contributed by atoms with Crippen LogP contribution in [0.3, 0.4) is 0 Å². The van der Waals surface area contributed by atoms with Crippen molar-refractivity contribution in [2.24, 2.45) is 5.10 Å². The maximum atomic E-state index is 13.3. The number of hydrogen-bond donors (Lipinski definition) is 1. The van der Waals surface area contributed by atoms with Gasteiger partial charge >= 0.3 is 0 Å². The maximum absolute atomic E-state index is 13.3. The number of nitrogens with zero attached hydrogens (tertiary/aromatic N) is 2. The van der Waals surface area contributed by atoms with Crippen LogP contribution in [0.1, 0.15) is 23.6 Å². The molecule has 1 N–H and O–H groups in total. The van der Waals surface area contributed by atoms with Crippen LogP contribution in [0.4, 0.5) is 10.1 Å². The summed E-state index contributed by atoms with van der Waals surface area (Å²) in [5.74, 6) is -0.0388. The van der Waals surface area contributed by atoms with Crippen LogP contribution in [-0.2, 0) is 0 Å². The highest BCUT2D eigenvalue weighted by atomic mass is 79.9. The standard InChI is InChI=1S/C21H16BrFN2O/c22-15-8-11-21(26)18(12-15)20-13-19(14-6-9-16(23)10-7-14)24-25(20)17-4-2-1-3-5-17/h1-12,20,26H,13H2. The summed E-state index contributed by atoms with van der Waals surface area (Å²) >= 11 is 3.48. The monoisotopic (exact) mass is 410 g/mol. The predicted molar refractivity (Wildman–Crippen MR) is 105 cm³/mol. The van der Waals surface area contributed by atoms with Gasteiger partial charge in [0.15, 0.2) is 0 Å². The summed E-state index contributed by atoms with van der Waals surface area (Å²) in [6.07, 6.45) is 0.616. The first-order valence-corrected chi connectivity index (χ1v) is 9.07. The second-order valence-corrected chi connectivity index (χ2v) is 7.07. The molecule has 0 saturated heterocycles. The summed E-state index contributed by atoms with van der Waals surface area (Å²) in [7, 11) is 0. The lowest BCUT2D eigenvalue weighted by Crippen LogP contribution is -2.18. The predicted octanol–water partition coefficient (Wildman–Crippen LogP) is 5.65. The molecular formula is C21H16BrFN2O. The number of anilines is 1. The van der Waals surface area contributed by atoms with Gasteiger partial charge in [0.2, 0.25) is 0 Å². The Balaban J connectivity index is 1.78. The van der Waals surface area contributed by atoms with Crippen molar-refractivity contribution >= 4 is 27.3 Å². The zero-order valence-corrected chi connectivity index (χ0v) is 15.4. The van der Waals surface area contributed by atoms with Crippen molar-refractivity contribution in [3.63, 3.8) is 0 Å². The highest BCUT2D eigenvalue weighted by Gasteiger charge is 2.31. The molecule has 5 heteroatoms. The molecule has 0 radical (unpaired) electrons. The minimum atomic E-state index is -0.270. The molecule has 0 spiro atoms. The number of rotatable bonds is 3. The van der Waals surface area contributed by atoms with Gasteiger partial charge in [0.1, 0.15) is 11.6 Å². The molecule has 0 saturated carbocycles. The second-order valence-electron chi connectivity index (χ2n) is 6.16. The lowest BCUT2D eigenvalue weighted by Gasteiger charge is -2.24. The number of aromatic hydroxyl groups is 1. The van der Waals surface area contributed by atoms with Crippen molar-refractivity contribution in [2.75, 3.05) is 5.01 Å². The van der Waals surface area contributed by atoms with Crippen LogP contribution in [0.2, 0.25) is 0 Å². The topological polar surface area (TPSA) is 35.8 Å². The number of hydrogen-bond acceptors (Lipinski definition) is 3. The third kappa shape index (κ3) is 3.22. The zero-order chi connectivity index (χ0) is 18.1. The maximum Gasteiger partial charge on any atom is 0.123 e. The molecule has 0 aromatic heterocycles. The van der Waals surface area contributed by atoms with Gasteiger partial charge in [-0.2, -0.15) is 5.10 Å². The van der Waals surface area contributed by atoms with Gasteiger partial charge in [0, 0.05) is 16.5 Å². The zero-order valence-electron chi connectivity index (χ0n) is 13.8. The SMILES string of the molecule is Oc1ccc(Br)cc1C1CC(c2ccc(F)cc2)=NN1c1ccccc1. The molecule has 0 amide bonds. The number of para-hydroxylation sites is 1. The summed E-state index contributed by atoms with van der Waals surface area (Å²) in [6, 6.07) is 21.4. The molecule has 26 heavy (non-hydrogen) atoms. The Bertz CT molecular complexity index is 958. The number of benzene rings is 3. The van der Waals surface area contributed by atoms with Gasteiger partial charge in [-0.15, -0.1) is 0 Å². The smallest absolute Gasteiger partial charge is 0.123 e. The molecular weight excluding hydrogens is 395 g/mol. The molecule has 0 bridgehead atoms. The van der Waals surface area contributed by atoms with Crippen LogP contribution >= 0.6 is 15.9 Å². The minimum Gasteiger partial charge on any atom is -0.508 e. The van der Waals surface area contributed by atoms with Gasteiger partial charge in [-0.1, -0.05) is 46.3 Å². The fourth-order valence-corrected chi connectivity index (χ4v) is 3.56. The van der Waals surface area contributed by atoms with Crippen molar-refractivity contribution < 1.29 is 9.50 Å². The van der Waals surface area contributed by atoms with Crippen molar-refractivity contribution in [2.45, 2.75) is 12.5 Å². The second kappa shape index (κ2) is 6.92. The number of phenolic OH excluding ortho intramolecular Hbond substituents is 1. The van der Waals surface area contributed by atoms with Gasteiger partial charge in [-0.25, -0.2) is 4.39 Å². The highest BCUT2D eigenvalue weighted by Crippen LogP contribution is 2.40. The van der Waals surface area contributed by atoms with Crippen molar-refractivity contribution in [1.29, 1.82) is 0 Å². The van der Waals surface area contributed by atoms with Crippen molar-refractivity contribution in [3.8, 4) is 5.75 Å². The van der Waals surface area contributed by atoms with Gasteiger partial charge < -0.3 is 5.11 Å². The molecule has 1 aliphatic rings. The van der Waals surface area contributed by atoms with E-state index >= 15 is 0 Å². The first-order valence-electron chi connectivity index (χ1n) is 8.28. The Labute approximate surface area is 159 Å². The van der Waals surface area contributed by atoms with E-state index in [-0.39, 0.29) is 17.6 Å². The van der Waals surface area contributed by atoms with E-state index in [4.69, 9.17) is 5.10 Å². The first kappa shape index (κ1) is 16.8. The minimum absolute atomic E-state index is 0.144. The number of phenols is 1. The third-order valence-corrected chi connectivity index (χ3v) is 4.95. The van der Waals surface area contributed by atoms with Crippen LogP contribution in [0, 0.1) is 5.82 Å². The Morgan fingerprint density at radius 2 is 1.73 bits per heavy atom. The molecule has 1 unspecified atom stereocenters. The van der Waals surface area contributed by atoms with Crippen molar-refractivity contribution in [1.82, 2.24) is 0 Å². The lowest BCUT2D eigenvalue weighted by atomic mass is 9.97. The Kier molecular flexibility index (Phi) is 4.47. The van der Waals surface area contributed by atoms with E-state index in [1.54, 1.807) is 18.2 Å². The fourth-order valence-electron chi connectivity index (χ4n) is 3.18. The van der Waals surface area contributed by atoms with E-state index in [0.29, 0.717) is 6.42 Å². The number of halogens is 2. The van der Waals surface area contributed by atoms with Crippen LogP contribution in [0.25, 0.3) is 0 Å². The van der Waals surface area contributed by atoms with Gasteiger partial charge in [0.25, 0.3) is 0 Å². The Morgan fingerprint density at radius 3 is 2.46 bits per heavy atom. The van der Waals surface area contributed by atoms with E-state index in [2.05, 4.69) is 15.9 Å². The third-order valence-electron chi connectivity index (χ3n) is 4.46. The molecule has 3 nitrogen and oxygen atoms in total. The highest BCUT2D eigenvalue weighted by molar-refractivity contribution is 9.10. The average molecular weight is 411 g/mol. The summed E-state index contributed by atoms with van der Waals surface area (Å²) in [6.45, 7) is 0. The largest absolute Gasteiger partial charge is 0.508 e. The Morgan fingerprint density at radius 1 is 1.00 bits per heavy atom. The number of hydrazone groups is 1. The Hall–Kier alpha value is -2.66. The molecule has 3 aromatic carbocycles. The van der Waals surface area contributed by atoms with Gasteiger partial charge in [-0.3, -0.25) is 5.01 Å². The summed E-state index contributed by atoms with van der Waals surface area (Å²) in [5, 5.41) is 17.1. The van der Waals surface area contributed by atoms with E-state index in [1.807, 2.05) is 47.5 Å². The summed E-state index contributed by atoms with van der Waals surface area (Å²) < 4.78 is 14.2. The van der Waals surface area contributed by atoms with Crippen LogP contribution in [0.15, 0.2) is 82.4 Å². The lowest BCUT2D eigenvalue weighted by molar-refractivity contribution is 0.461. The van der Waals surface area contributed by atoms with E-state index in [0.717, 1.165) is 27.0 Å². The molecule has 0 fully saturated rings. The first-order chi connectivity index (χ1) is 12.6. The van der Waals surface area contributed by atoms with Gasteiger partial charge in [0.05, 0.1) is 17.4 Å². The summed E-state index contributed by atoms with van der Waals surface area (Å²) in [4.78, 5) is 0. The van der Waals surface area contributed by atoms with Crippen LogP contribution in [-0.4, -0.2) is 10.8 Å². The normalized spacial score (nSPS) is 16.6. The molecule has 3 aromatic rings. The van der Waals surface area contributed by atoms with Crippen LogP contribution in [0.5, 0.6) is 5.75 Å². The van der Waals surface area contributed by atoms with E-state index in [9.17, 15) is 9.50 Å². The van der Waals surface area contributed by atoms with E-state index in [1.165, 1.54) is 12.1 Å². The van der Waals surface area contributed by atoms with Crippen LogP contribution < -0.4 is 5.01 Å². The fraction of sp³-hybridized carbons (Fsp3) is 0.0952. The quantitative estimate of drug-likeness (QED) is 0.605. The molecule has 1 aliphatic heterocycles. The summed E-state index contributed by atoms with van der Waals surface area (Å²) in [5.41, 5.74) is 3.47. The molecule has 4 rings (SSSR count). The molecule has 0 aliphatic carbocycles. The molecule has 130 valence electrons. The van der Waals surface area contributed by atoms with Crippen molar-refractivity contribution in [3.05, 3.63) is 94.2 Å².